The number of benzene rings is 1. The predicted molar refractivity (Wildman–Crippen MR) is 65.2 cm³/mol. The van der Waals surface area contributed by atoms with Crippen LogP contribution in [-0.4, -0.2) is 6.54 Å². The number of hydrogen-bond acceptors (Lipinski definition) is 1. The Bertz CT molecular complexity index is 361. The number of alkyl halides is 3. The van der Waals surface area contributed by atoms with E-state index in [1.54, 1.807) is 6.07 Å². The molecule has 0 aliphatic rings. The van der Waals surface area contributed by atoms with Crippen LogP contribution in [0, 0.1) is 5.41 Å². The van der Waals surface area contributed by atoms with E-state index >= 15 is 0 Å². The molecule has 98 valence electrons. The van der Waals surface area contributed by atoms with E-state index in [4.69, 9.17) is 5.73 Å². The molecule has 0 aromatic heterocycles. The minimum Gasteiger partial charge on any atom is -0.330 e. The number of rotatable bonds is 3. The summed E-state index contributed by atoms with van der Waals surface area (Å²) >= 11 is 0. The van der Waals surface area contributed by atoms with E-state index in [1.165, 1.54) is 12.1 Å². The first kappa shape index (κ1) is 16.3. The van der Waals surface area contributed by atoms with Gasteiger partial charge < -0.3 is 5.73 Å². The number of halogens is 4. The molecule has 0 atom stereocenters. The van der Waals surface area contributed by atoms with E-state index in [-0.39, 0.29) is 17.8 Å². The zero-order valence-electron chi connectivity index (χ0n) is 9.84. The van der Waals surface area contributed by atoms with Gasteiger partial charge in [0.25, 0.3) is 0 Å². The molecule has 1 aromatic rings. The Hall–Kier alpha value is -0.740. The summed E-state index contributed by atoms with van der Waals surface area (Å²) < 4.78 is 37.4. The third kappa shape index (κ3) is 4.96. The highest BCUT2D eigenvalue weighted by atomic mass is 35.5. The number of nitrogens with two attached hydrogens (primary N) is 1. The van der Waals surface area contributed by atoms with Gasteiger partial charge in [0.05, 0.1) is 5.56 Å². The van der Waals surface area contributed by atoms with Crippen molar-refractivity contribution in [3.8, 4) is 0 Å². The number of hydrogen-bond donors (Lipinski definition) is 1. The van der Waals surface area contributed by atoms with Crippen LogP contribution in [-0.2, 0) is 12.6 Å². The summed E-state index contributed by atoms with van der Waals surface area (Å²) in [4.78, 5) is 0. The van der Waals surface area contributed by atoms with Gasteiger partial charge >= 0.3 is 6.18 Å². The first-order chi connectivity index (χ1) is 7.24. The molecule has 0 saturated heterocycles. The van der Waals surface area contributed by atoms with Crippen LogP contribution in [0.3, 0.4) is 0 Å². The van der Waals surface area contributed by atoms with E-state index < -0.39 is 11.7 Å². The lowest BCUT2D eigenvalue weighted by atomic mass is 9.85. The van der Waals surface area contributed by atoms with E-state index in [9.17, 15) is 13.2 Å². The molecule has 17 heavy (non-hydrogen) atoms. The minimum atomic E-state index is -4.27. The molecule has 5 heteroatoms. The highest BCUT2D eigenvalue weighted by Gasteiger charge is 2.30. The Morgan fingerprint density at radius 1 is 1.18 bits per heavy atom. The fourth-order valence-corrected chi connectivity index (χ4v) is 1.48. The second-order valence-corrected chi connectivity index (χ2v) is 4.74. The summed E-state index contributed by atoms with van der Waals surface area (Å²) in [7, 11) is 0. The fourth-order valence-electron chi connectivity index (χ4n) is 1.48. The summed E-state index contributed by atoms with van der Waals surface area (Å²) in [5.41, 5.74) is 5.45. The Kier molecular flexibility index (Phi) is 5.49. The lowest BCUT2D eigenvalue weighted by Crippen LogP contribution is -2.26. The monoisotopic (exact) mass is 267 g/mol. The molecule has 1 rings (SSSR count). The zero-order valence-corrected chi connectivity index (χ0v) is 10.7. The van der Waals surface area contributed by atoms with Gasteiger partial charge in [0, 0.05) is 0 Å². The molecule has 2 N–H and O–H groups in total. The van der Waals surface area contributed by atoms with Crippen molar-refractivity contribution in [3.63, 3.8) is 0 Å². The molecule has 0 unspecified atom stereocenters. The standard InChI is InChI=1S/C12H16F3N.ClH/c1-11(2,8-16)7-9-4-3-5-10(6-9)12(13,14)15;/h3-6H,7-8,16H2,1-2H3;1H. The molecule has 0 aliphatic heterocycles. The lowest BCUT2D eigenvalue weighted by Gasteiger charge is -2.22. The fraction of sp³-hybridized carbons (Fsp3) is 0.500. The van der Waals surface area contributed by atoms with Crippen molar-refractivity contribution in [2.24, 2.45) is 11.1 Å². The van der Waals surface area contributed by atoms with Crippen LogP contribution in [0.2, 0.25) is 0 Å². The Balaban J connectivity index is 0.00000256. The summed E-state index contributed by atoms with van der Waals surface area (Å²) in [6.45, 7) is 4.32. The third-order valence-electron chi connectivity index (χ3n) is 2.49. The SMILES string of the molecule is CC(C)(CN)Cc1cccc(C(F)(F)F)c1.Cl. The summed E-state index contributed by atoms with van der Waals surface area (Å²) in [6.07, 6.45) is -3.73. The van der Waals surface area contributed by atoms with Gasteiger partial charge in [-0.25, -0.2) is 0 Å². The van der Waals surface area contributed by atoms with Crippen LogP contribution < -0.4 is 5.73 Å². The Labute approximate surface area is 106 Å². The van der Waals surface area contributed by atoms with Gasteiger partial charge in [-0.2, -0.15) is 13.2 Å². The molecule has 0 saturated carbocycles. The van der Waals surface area contributed by atoms with Crippen LogP contribution in [0.5, 0.6) is 0 Å². The van der Waals surface area contributed by atoms with Gasteiger partial charge in [0.15, 0.2) is 0 Å². The molecular formula is C12H17ClF3N. The molecule has 1 nitrogen and oxygen atoms in total. The van der Waals surface area contributed by atoms with Crippen molar-refractivity contribution in [1.82, 2.24) is 0 Å². The molecule has 0 bridgehead atoms. The maximum atomic E-state index is 12.5. The van der Waals surface area contributed by atoms with Gasteiger partial charge in [0.2, 0.25) is 0 Å². The molecule has 1 aromatic carbocycles. The average Bonchev–Trinajstić information content (AvgIpc) is 2.16. The summed E-state index contributed by atoms with van der Waals surface area (Å²) in [6, 6.07) is 5.41. The van der Waals surface area contributed by atoms with E-state index in [0.29, 0.717) is 18.5 Å². The highest BCUT2D eigenvalue weighted by Crippen LogP contribution is 2.30. The highest BCUT2D eigenvalue weighted by molar-refractivity contribution is 5.85. The summed E-state index contributed by atoms with van der Waals surface area (Å²) in [5.74, 6) is 0. The van der Waals surface area contributed by atoms with Gasteiger partial charge in [-0.3, -0.25) is 0 Å². The van der Waals surface area contributed by atoms with Crippen molar-refractivity contribution in [1.29, 1.82) is 0 Å². The maximum absolute atomic E-state index is 12.5. The van der Waals surface area contributed by atoms with Gasteiger partial charge in [-0.05, 0) is 30.0 Å². The van der Waals surface area contributed by atoms with Crippen molar-refractivity contribution in [3.05, 3.63) is 35.4 Å². The topological polar surface area (TPSA) is 26.0 Å². The van der Waals surface area contributed by atoms with Crippen LogP contribution >= 0.6 is 12.4 Å². The molecule has 0 aliphatic carbocycles. The summed E-state index contributed by atoms with van der Waals surface area (Å²) in [5, 5.41) is 0. The molecular weight excluding hydrogens is 251 g/mol. The van der Waals surface area contributed by atoms with Crippen molar-refractivity contribution in [2.75, 3.05) is 6.54 Å². The van der Waals surface area contributed by atoms with Gasteiger partial charge in [0.1, 0.15) is 0 Å². The predicted octanol–water partition coefficient (Wildman–Crippen LogP) is 3.65. The lowest BCUT2D eigenvalue weighted by molar-refractivity contribution is -0.137. The average molecular weight is 268 g/mol. The van der Waals surface area contributed by atoms with E-state index in [0.717, 1.165) is 6.07 Å². The van der Waals surface area contributed by atoms with Crippen LogP contribution in [0.4, 0.5) is 13.2 Å². The van der Waals surface area contributed by atoms with Crippen LogP contribution in [0.1, 0.15) is 25.0 Å². The van der Waals surface area contributed by atoms with Crippen LogP contribution in [0.25, 0.3) is 0 Å². The first-order valence-electron chi connectivity index (χ1n) is 5.11. The van der Waals surface area contributed by atoms with Gasteiger partial charge in [-0.1, -0.05) is 32.0 Å². The third-order valence-corrected chi connectivity index (χ3v) is 2.49. The maximum Gasteiger partial charge on any atom is 0.416 e. The van der Waals surface area contributed by atoms with Crippen molar-refractivity contribution in [2.45, 2.75) is 26.4 Å². The normalized spacial score (nSPS) is 12.1. The van der Waals surface area contributed by atoms with E-state index in [2.05, 4.69) is 0 Å². The Morgan fingerprint density at radius 2 is 1.76 bits per heavy atom. The molecule has 0 fully saturated rings. The van der Waals surface area contributed by atoms with Crippen LogP contribution in [0.15, 0.2) is 24.3 Å². The molecule has 0 spiro atoms. The minimum absolute atomic E-state index is 0. The second kappa shape index (κ2) is 5.74. The Morgan fingerprint density at radius 3 is 2.24 bits per heavy atom. The molecule has 0 amide bonds. The van der Waals surface area contributed by atoms with E-state index in [1.807, 2.05) is 13.8 Å². The molecule has 0 heterocycles. The smallest absolute Gasteiger partial charge is 0.330 e. The largest absolute Gasteiger partial charge is 0.416 e. The van der Waals surface area contributed by atoms with Crippen molar-refractivity contribution >= 4 is 12.4 Å². The quantitative estimate of drug-likeness (QED) is 0.889. The first-order valence-corrected chi connectivity index (χ1v) is 5.11. The molecule has 0 radical (unpaired) electrons. The zero-order chi connectivity index (χ0) is 12.4. The second-order valence-electron chi connectivity index (χ2n) is 4.74. The van der Waals surface area contributed by atoms with Gasteiger partial charge in [-0.15, -0.1) is 12.4 Å². The van der Waals surface area contributed by atoms with Crippen molar-refractivity contribution < 1.29 is 13.2 Å².